The molecular weight excluding hydrogens is 583 g/mol. The Morgan fingerprint density at radius 2 is 1.59 bits per heavy atom. The van der Waals surface area contributed by atoms with E-state index in [1.54, 1.807) is 12.1 Å². The third-order valence-electron chi connectivity index (χ3n) is 8.11. The molecule has 3 atom stereocenters. The van der Waals surface area contributed by atoms with Crippen LogP contribution in [0.25, 0.3) is 0 Å². The number of carbonyl (C=O) groups excluding carboxylic acids is 1. The van der Waals surface area contributed by atoms with Gasteiger partial charge in [-0.05, 0) is 36.1 Å². The molecule has 1 heterocycles. The summed E-state index contributed by atoms with van der Waals surface area (Å²) in [6, 6.07) is 13.9. The van der Waals surface area contributed by atoms with Gasteiger partial charge in [-0.1, -0.05) is 55.3 Å². The van der Waals surface area contributed by atoms with Crippen molar-refractivity contribution in [2.24, 2.45) is 0 Å². The molecule has 2 fully saturated rings. The fraction of sp³-hybridized carbons (Fsp3) is 0.364. The molecule has 0 spiro atoms. The Balaban J connectivity index is 1.40. The summed E-state index contributed by atoms with van der Waals surface area (Å²) in [5, 5.41) is 11.7. The van der Waals surface area contributed by atoms with Crippen LogP contribution in [0.1, 0.15) is 71.5 Å². The quantitative estimate of drug-likeness (QED) is 0.110. The fourth-order valence-corrected chi connectivity index (χ4v) is 5.86. The lowest BCUT2D eigenvalue weighted by Crippen LogP contribution is -2.43. The highest BCUT2D eigenvalue weighted by Gasteiger charge is 2.35. The summed E-state index contributed by atoms with van der Waals surface area (Å²) in [7, 11) is 0. The first kappa shape index (κ1) is 31.8. The molecular formula is C33H33F5N2O4. The van der Waals surface area contributed by atoms with Crippen LogP contribution in [-0.4, -0.2) is 41.1 Å². The van der Waals surface area contributed by atoms with Crippen molar-refractivity contribution < 1.29 is 41.3 Å². The molecule has 1 aliphatic carbocycles. The zero-order valence-corrected chi connectivity index (χ0v) is 23.9. The molecule has 44 heavy (non-hydrogen) atoms. The lowest BCUT2D eigenvalue weighted by Gasteiger charge is -2.39. The first-order chi connectivity index (χ1) is 21.2. The van der Waals surface area contributed by atoms with Crippen LogP contribution in [0, 0.1) is 29.1 Å². The van der Waals surface area contributed by atoms with Crippen molar-refractivity contribution >= 4 is 11.6 Å². The van der Waals surface area contributed by atoms with Crippen molar-refractivity contribution in [3.8, 4) is 0 Å². The minimum atomic E-state index is -2.35. The molecule has 1 aliphatic heterocycles. The van der Waals surface area contributed by atoms with Crippen LogP contribution < -0.4 is 5.32 Å². The van der Waals surface area contributed by atoms with Crippen molar-refractivity contribution in [3.63, 3.8) is 0 Å². The summed E-state index contributed by atoms with van der Waals surface area (Å²) in [5.74, 6) is -12.7. The number of carbonyl (C=O) groups is 1. The standard InChI is InChI=1S/C33H33F5N2O4/c1-2-14-40(23-8-3-4-9-23)17-24-16-25(20-12-10-19(18-41)11-13-20)44-33(43-24)21-6-5-7-22(15-21)39-32(42)26-27(34)29(36)31(38)30(37)28(26)35/h2,5-7,10-13,15,23-25,33,41H,1,3-4,8-9,14,16-18H2,(H,39,42)/t24-,25+,33+/m1/s1. The highest BCUT2D eigenvalue weighted by Crippen LogP contribution is 2.39. The minimum Gasteiger partial charge on any atom is -0.392 e. The molecule has 11 heteroatoms. The molecule has 1 amide bonds. The van der Waals surface area contributed by atoms with Crippen LogP contribution in [0.15, 0.2) is 61.2 Å². The van der Waals surface area contributed by atoms with Crippen LogP contribution in [0.3, 0.4) is 0 Å². The molecule has 0 aromatic heterocycles. The van der Waals surface area contributed by atoms with Crippen molar-refractivity contribution in [3.05, 3.63) is 113 Å². The first-order valence-electron chi connectivity index (χ1n) is 14.5. The Morgan fingerprint density at radius 1 is 0.932 bits per heavy atom. The predicted molar refractivity (Wildman–Crippen MR) is 153 cm³/mol. The zero-order valence-electron chi connectivity index (χ0n) is 23.9. The van der Waals surface area contributed by atoms with Crippen molar-refractivity contribution in [2.45, 2.75) is 63.3 Å². The molecule has 234 valence electrons. The minimum absolute atomic E-state index is 0.0360. The molecule has 0 unspecified atom stereocenters. The number of benzene rings is 3. The van der Waals surface area contributed by atoms with Crippen LogP contribution in [-0.2, 0) is 16.1 Å². The first-order valence-corrected chi connectivity index (χ1v) is 14.5. The van der Waals surface area contributed by atoms with E-state index in [1.807, 2.05) is 30.3 Å². The maximum Gasteiger partial charge on any atom is 0.261 e. The zero-order chi connectivity index (χ0) is 31.4. The summed E-state index contributed by atoms with van der Waals surface area (Å²) in [5.41, 5.74) is 0.557. The van der Waals surface area contributed by atoms with Crippen molar-refractivity contribution in [1.29, 1.82) is 0 Å². The third-order valence-corrected chi connectivity index (χ3v) is 8.11. The Kier molecular flexibility index (Phi) is 10.1. The van der Waals surface area contributed by atoms with Gasteiger partial charge in [-0.2, -0.15) is 0 Å². The molecule has 5 rings (SSSR count). The highest BCUT2D eigenvalue weighted by atomic mass is 19.2. The van der Waals surface area contributed by atoms with E-state index in [0.717, 1.165) is 24.0 Å². The molecule has 1 saturated heterocycles. The lowest BCUT2D eigenvalue weighted by molar-refractivity contribution is -0.253. The Labute approximate surface area is 252 Å². The number of hydrogen-bond acceptors (Lipinski definition) is 5. The van der Waals surface area contributed by atoms with E-state index in [-0.39, 0.29) is 24.5 Å². The summed E-state index contributed by atoms with van der Waals surface area (Å²) >= 11 is 0. The predicted octanol–water partition coefficient (Wildman–Crippen LogP) is 7.10. The maximum absolute atomic E-state index is 14.2. The molecule has 2 aliphatic rings. The maximum atomic E-state index is 14.2. The van der Waals surface area contributed by atoms with Crippen molar-refractivity contribution in [2.75, 3.05) is 18.4 Å². The normalized spacial score (nSPS) is 20.7. The van der Waals surface area contributed by atoms with Gasteiger partial charge in [-0.25, -0.2) is 22.0 Å². The number of ether oxygens (including phenoxy) is 2. The van der Waals surface area contributed by atoms with Gasteiger partial charge in [0.1, 0.15) is 5.56 Å². The van der Waals surface area contributed by atoms with Crippen LogP contribution >= 0.6 is 0 Å². The van der Waals surface area contributed by atoms with Gasteiger partial charge in [0.25, 0.3) is 5.91 Å². The van der Waals surface area contributed by atoms with Gasteiger partial charge in [-0.3, -0.25) is 9.69 Å². The molecule has 3 aromatic carbocycles. The van der Waals surface area contributed by atoms with E-state index in [4.69, 9.17) is 9.47 Å². The van der Waals surface area contributed by atoms with Gasteiger partial charge >= 0.3 is 0 Å². The average Bonchev–Trinajstić information content (AvgIpc) is 3.58. The highest BCUT2D eigenvalue weighted by molar-refractivity contribution is 6.04. The summed E-state index contributed by atoms with van der Waals surface area (Å²) in [4.78, 5) is 15.0. The number of halogens is 5. The molecule has 3 aromatic rings. The number of nitrogens with zero attached hydrogens (tertiary/aromatic N) is 1. The topological polar surface area (TPSA) is 71.0 Å². The molecule has 1 saturated carbocycles. The number of aliphatic hydroxyl groups excluding tert-OH is 1. The number of rotatable bonds is 10. The van der Waals surface area contributed by atoms with Gasteiger partial charge in [0, 0.05) is 36.8 Å². The Bertz CT molecular complexity index is 1470. The van der Waals surface area contributed by atoms with Crippen molar-refractivity contribution in [1.82, 2.24) is 4.90 Å². The molecule has 0 radical (unpaired) electrons. The van der Waals surface area contributed by atoms with E-state index < -0.39 is 46.8 Å². The van der Waals surface area contributed by atoms with Gasteiger partial charge in [0.05, 0.1) is 18.8 Å². The average molecular weight is 617 g/mol. The second-order valence-electron chi connectivity index (χ2n) is 11.1. The Morgan fingerprint density at radius 3 is 2.23 bits per heavy atom. The summed E-state index contributed by atoms with van der Waals surface area (Å²) in [6.45, 7) is 5.14. The second kappa shape index (κ2) is 14.0. The third kappa shape index (κ3) is 6.86. The molecule has 2 N–H and O–H groups in total. The SMILES string of the molecule is C=CCN(C[C@H]1C[C@@H](c2ccc(CO)cc2)O[C@@H](c2cccc(NC(=O)c3c(F)c(F)c(F)c(F)c3F)c2)O1)C1CCCC1. The molecule has 0 bridgehead atoms. The number of nitrogens with one attached hydrogen (secondary N) is 1. The van der Waals surface area contributed by atoms with E-state index in [1.165, 1.54) is 25.0 Å². The van der Waals surface area contributed by atoms with Crippen LogP contribution in [0.4, 0.5) is 27.6 Å². The number of amides is 1. The second-order valence-corrected chi connectivity index (χ2v) is 11.1. The largest absolute Gasteiger partial charge is 0.392 e. The van der Waals surface area contributed by atoms with Crippen LogP contribution in [0.5, 0.6) is 0 Å². The summed E-state index contributed by atoms with van der Waals surface area (Å²) < 4.78 is 82.2. The number of hydrogen-bond donors (Lipinski definition) is 2. The number of anilines is 1. The van der Waals surface area contributed by atoms with Crippen LogP contribution in [0.2, 0.25) is 0 Å². The van der Waals surface area contributed by atoms with E-state index in [9.17, 15) is 31.9 Å². The monoisotopic (exact) mass is 616 g/mol. The lowest BCUT2D eigenvalue weighted by atomic mass is 9.99. The molecule has 6 nitrogen and oxygen atoms in total. The van der Waals surface area contributed by atoms with E-state index in [2.05, 4.69) is 16.8 Å². The van der Waals surface area contributed by atoms with Gasteiger partial charge < -0.3 is 19.9 Å². The van der Waals surface area contributed by atoms with E-state index >= 15 is 0 Å². The summed E-state index contributed by atoms with van der Waals surface area (Å²) in [6.07, 6.45) is 5.39. The number of aliphatic hydroxyl groups is 1. The van der Waals surface area contributed by atoms with Gasteiger partial charge in [-0.15, -0.1) is 6.58 Å². The van der Waals surface area contributed by atoms with E-state index in [0.29, 0.717) is 31.1 Å². The fourth-order valence-electron chi connectivity index (χ4n) is 5.86. The van der Waals surface area contributed by atoms with Gasteiger partial charge in [0.2, 0.25) is 5.82 Å². The smallest absolute Gasteiger partial charge is 0.261 e. The Hall–Kier alpha value is -3.64. The van der Waals surface area contributed by atoms with Gasteiger partial charge in [0.15, 0.2) is 29.6 Å².